The minimum atomic E-state index is 0.342. The summed E-state index contributed by atoms with van der Waals surface area (Å²) >= 11 is 5.96. The zero-order valence-electron chi connectivity index (χ0n) is 9.29. The first-order chi connectivity index (χ1) is 7.10. The highest BCUT2D eigenvalue weighted by molar-refractivity contribution is 6.31. The minimum Gasteiger partial charge on any atom is -0.292 e. The van der Waals surface area contributed by atoms with Gasteiger partial charge in [0.25, 0.3) is 0 Å². The average Bonchev–Trinajstić information content (AvgIpc) is 2.18. The third-order valence-electron chi connectivity index (χ3n) is 2.19. The molecule has 0 bridgehead atoms. The molecule has 0 spiro atoms. The number of rotatable bonds is 3. The SMILES string of the molecule is C=Nc1ccc(Cl)cc1C(=NC)C(C)C. The van der Waals surface area contributed by atoms with Crippen LogP contribution in [0.5, 0.6) is 0 Å². The summed E-state index contributed by atoms with van der Waals surface area (Å²) in [6.07, 6.45) is 0. The first-order valence-corrected chi connectivity index (χ1v) is 5.21. The summed E-state index contributed by atoms with van der Waals surface area (Å²) in [5.41, 5.74) is 2.80. The summed E-state index contributed by atoms with van der Waals surface area (Å²) in [5.74, 6) is 0.342. The van der Waals surface area contributed by atoms with Gasteiger partial charge in [-0.05, 0) is 30.8 Å². The Kier molecular flexibility index (Phi) is 4.04. The third-order valence-corrected chi connectivity index (χ3v) is 2.43. The number of hydrogen-bond acceptors (Lipinski definition) is 2. The average molecular weight is 223 g/mol. The van der Waals surface area contributed by atoms with Crippen LogP contribution in [0.1, 0.15) is 19.4 Å². The van der Waals surface area contributed by atoms with Gasteiger partial charge in [-0.3, -0.25) is 9.98 Å². The topological polar surface area (TPSA) is 24.7 Å². The molecule has 0 amide bonds. The number of halogens is 1. The molecule has 15 heavy (non-hydrogen) atoms. The largest absolute Gasteiger partial charge is 0.292 e. The van der Waals surface area contributed by atoms with E-state index >= 15 is 0 Å². The van der Waals surface area contributed by atoms with Gasteiger partial charge in [0.1, 0.15) is 0 Å². The number of aliphatic imine (C=N–C) groups is 2. The molecule has 1 aromatic carbocycles. The summed E-state index contributed by atoms with van der Waals surface area (Å²) in [6, 6.07) is 5.55. The Morgan fingerprint density at radius 1 is 1.40 bits per heavy atom. The van der Waals surface area contributed by atoms with Crippen LogP contribution < -0.4 is 0 Å². The lowest BCUT2D eigenvalue weighted by Gasteiger charge is -2.12. The van der Waals surface area contributed by atoms with Gasteiger partial charge >= 0.3 is 0 Å². The van der Waals surface area contributed by atoms with Crippen molar-refractivity contribution in [2.75, 3.05) is 7.05 Å². The summed E-state index contributed by atoms with van der Waals surface area (Å²) < 4.78 is 0. The molecular weight excluding hydrogens is 208 g/mol. The van der Waals surface area contributed by atoms with Crippen molar-refractivity contribution in [3.63, 3.8) is 0 Å². The van der Waals surface area contributed by atoms with Gasteiger partial charge in [0.15, 0.2) is 0 Å². The smallest absolute Gasteiger partial charge is 0.0714 e. The Balaban J connectivity index is 3.33. The summed E-state index contributed by atoms with van der Waals surface area (Å²) in [4.78, 5) is 8.25. The van der Waals surface area contributed by atoms with Crippen molar-refractivity contribution in [1.29, 1.82) is 0 Å². The van der Waals surface area contributed by atoms with Crippen LogP contribution in [0.4, 0.5) is 5.69 Å². The predicted molar refractivity (Wildman–Crippen MR) is 68.0 cm³/mol. The molecule has 3 heteroatoms. The molecule has 0 fully saturated rings. The highest BCUT2D eigenvalue weighted by atomic mass is 35.5. The van der Waals surface area contributed by atoms with Gasteiger partial charge < -0.3 is 0 Å². The molecule has 0 atom stereocenters. The second-order valence-electron chi connectivity index (χ2n) is 3.58. The lowest BCUT2D eigenvalue weighted by atomic mass is 9.98. The van der Waals surface area contributed by atoms with Crippen molar-refractivity contribution >= 4 is 29.7 Å². The number of benzene rings is 1. The molecule has 0 heterocycles. The third kappa shape index (κ3) is 2.66. The van der Waals surface area contributed by atoms with Crippen LogP contribution in [0.2, 0.25) is 5.02 Å². The first kappa shape index (κ1) is 11.9. The van der Waals surface area contributed by atoms with E-state index in [4.69, 9.17) is 11.6 Å². The second-order valence-corrected chi connectivity index (χ2v) is 4.02. The van der Waals surface area contributed by atoms with Crippen molar-refractivity contribution in [2.24, 2.45) is 15.9 Å². The summed E-state index contributed by atoms with van der Waals surface area (Å²) in [6.45, 7) is 7.74. The lowest BCUT2D eigenvalue weighted by Crippen LogP contribution is -2.09. The van der Waals surface area contributed by atoms with E-state index in [0.29, 0.717) is 10.9 Å². The van der Waals surface area contributed by atoms with Crippen LogP contribution in [0, 0.1) is 5.92 Å². The van der Waals surface area contributed by atoms with E-state index in [-0.39, 0.29) is 0 Å². The molecule has 0 N–H and O–H groups in total. The van der Waals surface area contributed by atoms with Crippen molar-refractivity contribution in [3.8, 4) is 0 Å². The number of nitrogens with zero attached hydrogens (tertiary/aromatic N) is 2. The van der Waals surface area contributed by atoms with Gasteiger partial charge in [0.2, 0.25) is 0 Å². The van der Waals surface area contributed by atoms with Crippen LogP contribution in [0.25, 0.3) is 0 Å². The summed E-state index contributed by atoms with van der Waals surface area (Å²) in [5, 5.41) is 0.694. The fourth-order valence-corrected chi connectivity index (χ4v) is 1.71. The summed E-state index contributed by atoms with van der Waals surface area (Å²) in [7, 11) is 1.78. The van der Waals surface area contributed by atoms with Crippen LogP contribution >= 0.6 is 11.6 Å². The Morgan fingerprint density at radius 2 is 2.07 bits per heavy atom. The number of hydrogen-bond donors (Lipinski definition) is 0. The van der Waals surface area contributed by atoms with E-state index in [2.05, 4.69) is 30.5 Å². The van der Waals surface area contributed by atoms with Gasteiger partial charge in [-0.1, -0.05) is 25.4 Å². The van der Waals surface area contributed by atoms with E-state index in [1.807, 2.05) is 18.2 Å². The standard InChI is InChI=1S/C12H15ClN2/c1-8(2)12(15-4)10-7-9(13)5-6-11(10)14-3/h5-8H,3H2,1-2,4H3. The molecular formula is C12H15ClN2. The molecule has 0 aromatic heterocycles. The van der Waals surface area contributed by atoms with Gasteiger partial charge in [-0.15, -0.1) is 0 Å². The van der Waals surface area contributed by atoms with Crippen molar-refractivity contribution in [1.82, 2.24) is 0 Å². The predicted octanol–water partition coefficient (Wildman–Crippen LogP) is 3.75. The normalized spacial score (nSPS) is 11.9. The van der Waals surface area contributed by atoms with Crippen LogP contribution in [-0.2, 0) is 0 Å². The molecule has 0 aliphatic rings. The first-order valence-electron chi connectivity index (χ1n) is 4.83. The van der Waals surface area contributed by atoms with Crippen molar-refractivity contribution in [2.45, 2.75) is 13.8 Å². The molecule has 1 aromatic rings. The van der Waals surface area contributed by atoms with Gasteiger partial charge in [0.05, 0.1) is 5.69 Å². The van der Waals surface area contributed by atoms with E-state index in [1.165, 1.54) is 0 Å². The van der Waals surface area contributed by atoms with E-state index < -0.39 is 0 Å². The zero-order valence-corrected chi connectivity index (χ0v) is 10.0. The molecule has 0 aliphatic carbocycles. The molecule has 0 saturated carbocycles. The van der Waals surface area contributed by atoms with E-state index in [9.17, 15) is 0 Å². The molecule has 1 rings (SSSR count). The second kappa shape index (κ2) is 5.08. The molecule has 0 aliphatic heterocycles. The van der Waals surface area contributed by atoms with E-state index in [1.54, 1.807) is 7.05 Å². The van der Waals surface area contributed by atoms with Crippen LogP contribution in [0.15, 0.2) is 28.2 Å². The molecule has 80 valence electrons. The van der Waals surface area contributed by atoms with Gasteiger partial charge in [-0.25, -0.2) is 0 Å². The maximum atomic E-state index is 5.96. The lowest BCUT2D eigenvalue weighted by molar-refractivity contribution is 0.882. The zero-order chi connectivity index (χ0) is 11.4. The van der Waals surface area contributed by atoms with E-state index in [0.717, 1.165) is 17.0 Å². The fraction of sp³-hybridized carbons (Fsp3) is 0.333. The Morgan fingerprint density at radius 3 is 2.53 bits per heavy atom. The Bertz CT molecular complexity index is 395. The quantitative estimate of drug-likeness (QED) is 0.696. The van der Waals surface area contributed by atoms with Gasteiger partial charge in [-0.2, -0.15) is 0 Å². The molecule has 0 radical (unpaired) electrons. The monoisotopic (exact) mass is 222 g/mol. The van der Waals surface area contributed by atoms with Crippen molar-refractivity contribution < 1.29 is 0 Å². The Hall–Kier alpha value is -1.15. The van der Waals surface area contributed by atoms with Crippen molar-refractivity contribution in [3.05, 3.63) is 28.8 Å². The molecule has 0 unspecified atom stereocenters. The highest BCUT2D eigenvalue weighted by Crippen LogP contribution is 2.25. The van der Waals surface area contributed by atoms with Crippen LogP contribution in [-0.4, -0.2) is 19.5 Å². The minimum absolute atomic E-state index is 0.342. The molecule has 2 nitrogen and oxygen atoms in total. The fourth-order valence-electron chi connectivity index (χ4n) is 1.54. The maximum absolute atomic E-state index is 5.96. The maximum Gasteiger partial charge on any atom is 0.0714 e. The van der Waals surface area contributed by atoms with Gasteiger partial charge in [0, 0.05) is 23.3 Å². The molecule has 0 saturated heterocycles. The van der Waals surface area contributed by atoms with Crippen LogP contribution in [0.3, 0.4) is 0 Å². The Labute approximate surface area is 95.7 Å². The highest BCUT2D eigenvalue weighted by Gasteiger charge is 2.12.